The molecule has 0 radical (unpaired) electrons. The maximum atomic E-state index is 9.90. The topological polar surface area (TPSA) is 53.8 Å². The van der Waals surface area contributed by atoms with Gasteiger partial charge in [-0.3, -0.25) is 14.5 Å². The smallest absolute Gasteiger partial charge is 0.0968 e. The number of aliphatic hydroxyl groups is 1. The predicted octanol–water partition coefficient (Wildman–Crippen LogP) is 2.49. The highest BCUT2D eigenvalue weighted by Crippen LogP contribution is 2.29. The summed E-state index contributed by atoms with van der Waals surface area (Å²) in [4.78, 5) is 4.97. The number of aryl methyl sites for hydroxylation is 1. The third kappa shape index (κ3) is 5.66. The largest absolute Gasteiger partial charge is 0.396 e. The second-order valence-electron chi connectivity index (χ2n) is 7.85. The van der Waals surface area contributed by atoms with E-state index in [1.54, 1.807) is 0 Å². The van der Waals surface area contributed by atoms with Gasteiger partial charge in [-0.25, -0.2) is 0 Å². The van der Waals surface area contributed by atoms with Gasteiger partial charge in [0, 0.05) is 70.2 Å². The van der Waals surface area contributed by atoms with Crippen molar-refractivity contribution in [1.29, 1.82) is 0 Å². The van der Waals surface area contributed by atoms with Crippen LogP contribution in [0, 0.1) is 11.8 Å². The Balaban J connectivity index is 0.00000117. The summed E-state index contributed by atoms with van der Waals surface area (Å²) >= 11 is 0. The van der Waals surface area contributed by atoms with Crippen molar-refractivity contribution in [2.45, 2.75) is 20.4 Å². The standard InChI is InChI=1S/C21H30N4O2.C2H6/c1-23-11-19(21(22-23)17-5-3-2-4-6-17)14-25-13-18(20(15-25)16-26)12-24-7-9-27-10-8-24;1-2/h2-6,11,18,20,26H,7-10,12-16H2,1H3;1-2H3. The molecule has 2 atom stereocenters. The highest BCUT2D eigenvalue weighted by Gasteiger charge is 2.34. The zero-order valence-corrected chi connectivity index (χ0v) is 18.1. The number of aromatic nitrogens is 2. The Kier molecular flexibility index (Phi) is 8.24. The van der Waals surface area contributed by atoms with Crippen LogP contribution in [0.3, 0.4) is 0 Å². The molecule has 0 amide bonds. The minimum atomic E-state index is 0.268. The van der Waals surface area contributed by atoms with Gasteiger partial charge >= 0.3 is 0 Å². The number of nitrogens with zero attached hydrogens (tertiary/aromatic N) is 4. The molecule has 1 N–H and O–H groups in total. The first-order valence-electron chi connectivity index (χ1n) is 10.9. The van der Waals surface area contributed by atoms with Crippen LogP contribution in [-0.2, 0) is 18.3 Å². The van der Waals surface area contributed by atoms with E-state index < -0.39 is 0 Å². The minimum Gasteiger partial charge on any atom is -0.396 e. The fourth-order valence-corrected chi connectivity index (χ4v) is 4.43. The van der Waals surface area contributed by atoms with Crippen molar-refractivity contribution in [2.75, 3.05) is 52.5 Å². The first-order valence-corrected chi connectivity index (χ1v) is 10.9. The van der Waals surface area contributed by atoms with Crippen LogP contribution in [0.15, 0.2) is 36.5 Å². The van der Waals surface area contributed by atoms with E-state index in [2.05, 4.69) is 40.3 Å². The van der Waals surface area contributed by atoms with Gasteiger partial charge in [-0.2, -0.15) is 5.10 Å². The molecule has 29 heavy (non-hydrogen) atoms. The van der Waals surface area contributed by atoms with Crippen molar-refractivity contribution in [1.82, 2.24) is 19.6 Å². The Morgan fingerprint density at radius 3 is 2.41 bits per heavy atom. The molecule has 2 saturated heterocycles. The second-order valence-corrected chi connectivity index (χ2v) is 7.85. The highest BCUT2D eigenvalue weighted by atomic mass is 16.5. The molecule has 4 rings (SSSR count). The lowest BCUT2D eigenvalue weighted by atomic mass is 9.96. The molecular weight excluding hydrogens is 364 g/mol. The summed E-state index contributed by atoms with van der Waals surface area (Å²) in [5.41, 5.74) is 3.48. The summed E-state index contributed by atoms with van der Waals surface area (Å²) in [6, 6.07) is 10.4. The van der Waals surface area contributed by atoms with Gasteiger partial charge in [0.2, 0.25) is 0 Å². The number of aliphatic hydroxyl groups excluding tert-OH is 1. The van der Waals surface area contributed by atoms with Crippen LogP contribution in [0.1, 0.15) is 19.4 Å². The molecule has 0 saturated carbocycles. The van der Waals surface area contributed by atoms with Crippen molar-refractivity contribution in [3.8, 4) is 11.3 Å². The SMILES string of the molecule is CC.Cn1cc(CN2CC(CO)C(CN3CCOCC3)C2)c(-c2ccccc2)n1. The maximum absolute atomic E-state index is 9.90. The van der Waals surface area contributed by atoms with Gasteiger partial charge in [-0.15, -0.1) is 0 Å². The maximum Gasteiger partial charge on any atom is 0.0968 e. The summed E-state index contributed by atoms with van der Waals surface area (Å²) in [6.07, 6.45) is 2.13. The Hall–Kier alpha value is -1.73. The second kappa shape index (κ2) is 10.9. The van der Waals surface area contributed by atoms with Crippen molar-refractivity contribution >= 4 is 0 Å². The van der Waals surface area contributed by atoms with Gasteiger partial charge in [0.05, 0.1) is 18.9 Å². The number of morpholine rings is 1. The molecular formula is C23H36N4O2. The Labute approximate surface area is 175 Å². The number of ether oxygens (including phenoxy) is 1. The molecule has 6 nitrogen and oxygen atoms in total. The molecule has 2 aromatic rings. The van der Waals surface area contributed by atoms with E-state index in [1.807, 2.05) is 31.6 Å². The number of hydrogen-bond acceptors (Lipinski definition) is 5. The first kappa shape index (κ1) is 22.0. The number of rotatable bonds is 6. The summed E-state index contributed by atoms with van der Waals surface area (Å²) in [5.74, 6) is 0.870. The van der Waals surface area contributed by atoms with Gasteiger partial charge in [0.15, 0.2) is 0 Å². The molecule has 0 bridgehead atoms. The lowest BCUT2D eigenvalue weighted by molar-refractivity contribution is 0.0264. The Morgan fingerprint density at radius 1 is 1.03 bits per heavy atom. The minimum absolute atomic E-state index is 0.268. The van der Waals surface area contributed by atoms with Crippen LogP contribution in [0.25, 0.3) is 11.3 Å². The summed E-state index contributed by atoms with van der Waals surface area (Å²) in [5, 5.41) is 14.6. The molecule has 1 aromatic heterocycles. The lowest BCUT2D eigenvalue weighted by Crippen LogP contribution is -2.41. The van der Waals surface area contributed by atoms with Gasteiger partial charge in [-0.05, 0) is 11.8 Å². The molecule has 2 aliphatic heterocycles. The van der Waals surface area contributed by atoms with E-state index in [-0.39, 0.29) is 6.61 Å². The zero-order valence-electron chi connectivity index (χ0n) is 18.1. The number of likely N-dealkylation sites (tertiary alicyclic amines) is 1. The van der Waals surface area contributed by atoms with Crippen LogP contribution < -0.4 is 0 Å². The van der Waals surface area contributed by atoms with Crippen molar-refractivity contribution in [3.05, 3.63) is 42.1 Å². The van der Waals surface area contributed by atoms with E-state index in [9.17, 15) is 5.11 Å². The Bertz CT molecular complexity index is 728. The summed E-state index contributed by atoms with van der Waals surface area (Å²) < 4.78 is 7.37. The van der Waals surface area contributed by atoms with Crippen LogP contribution >= 0.6 is 0 Å². The fourth-order valence-electron chi connectivity index (χ4n) is 4.43. The molecule has 2 unspecified atom stereocenters. The monoisotopic (exact) mass is 400 g/mol. The van der Waals surface area contributed by atoms with Crippen molar-refractivity contribution in [2.24, 2.45) is 18.9 Å². The molecule has 1 aromatic carbocycles. The molecule has 2 aliphatic rings. The van der Waals surface area contributed by atoms with Gasteiger partial charge in [0.1, 0.15) is 0 Å². The number of hydrogen-bond donors (Lipinski definition) is 1. The van der Waals surface area contributed by atoms with E-state index in [0.717, 1.165) is 63.7 Å². The average molecular weight is 401 g/mol. The van der Waals surface area contributed by atoms with Crippen LogP contribution in [0.4, 0.5) is 0 Å². The first-order chi connectivity index (χ1) is 14.2. The molecule has 3 heterocycles. The van der Waals surface area contributed by atoms with Gasteiger partial charge in [0.25, 0.3) is 0 Å². The average Bonchev–Trinajstić information content (AvgIpc) is 3.33. The third-order valence-electron chi connectivity index (χ3n) is 5.83. The zero-order chi connectivity index (χ0) is 20.6. The molecule has 6 heteroatoms. The molecule has 160 valence electrons. The molecule has 0 spiro atoms. The van der Waals surface area contributed by atoms with Gasteiger partial charge in [-0.1, -0.05) is 44.2 Å². The summed E-state index contributed by atoms with van der Waals surface area (Å²) in [6.45, 7) is 11.9. The summed E-state index contributed by atoms with van der Waals surface area (Å²) in [7, 11) is 1.98. The van der Waals surface area contributed by atoms with Crippen LogP contribution in [0.5, 0.6) is 0 Å². The van der Waals surface area contributed by atoms with Crippen LogP contribution in [0.2, 0.25) is 0 Å². The molecule has 2 fully saturated rings. The quantitative estimate of drug-likeness (QED) is 0.807. The van der Waals surface area contributed by atoms with E-state index in [0.29, 0.717) is 11.8 Å². The highest BCUT2D eigenvalue weighted by molar-refractivity contribution is 5.62. The van der Waals surface area contributed by atoms with Crippen LogP contribution in [-0.4, -0.2) is 77.2 Å². The van der Waals surface area contributed by atoms with E-state index in [1.165, 1.54) is 5.56 Å². The Morgan fingerprint density at radius 2 is 1.72 bits per heavy atom. The van der Waals surface area contributed by atoms with Crippen molar-refractivity contribution in [3.63, 3.8) is 0 Å². The van der Waals surface area contributed by atoms with Crippen molar-refractivity contribution < 1.29 is 9.84 Å². The fraction of sp³-hybridized carbons (Fsp3) is 0.609. The van der Waals surface area contributed by atoms with E-state index >= 15 is 0 Å². The number of benzene rings is 1. The third-order valence-corrected chi connectivity index (χ3v) is 5.83. The van der Waals surface area contributed by atoms with Gasteiger partial charge < -0.3 is 9.84 Å². The molecule has 0 aliphatic carbocycles. The predicted molar refractivity (Wildman–Crippen MR) is 117 cm³/mol. The normalized spacial score (nSPS) is 23.0. The lowest BCUT2D eigenvalue weighted by Gasteiger charge is -2.30. The van der Waals surface area contributed by atoms with E-state index in [4.69, 9.17) is 9.84 Å².